The molecular formula is C27H41BSi. The lowest BCUT2D eigenvalue weighted by Gasteiger charge is -2.32. The van der Waals surface area contributed by atoms with Gasteiger partial charge in [-0.1, -0.05) is 114 Å². The van der Waals surface area contributed by atoms with Gasteiger partial charge in [0.05, 0.1) is 8.07 Å². The standard InChI is InChI=1S/C27H41BSi/c1-11-12-13-14-25(29(8,9)10)28(26-21(4)15-19(2)16-22(26)5)27-23(6)17-20(3)18-24(27)7/h14-18H,11-13H2,1-10H3/b25-14-. The van der Waals surface area contributed by atoms with Gasteiger partial charge in [-0.2, -0.15) is 0 Å². The maximum atomic E-state index is 2.62. The van der Waals surface area contributed by atoms with Gasteiger partial charge in [-0.3, -0.25) is 0 Å². The lowest BCUT2D eigenvalue weighted by atomic mass is 9.37. The summed E-state index contributed by atoms with van der Waals surface area (Å²) in [5.74, 6) is 0. The normalized spacial score (nSPS) is 12.4. The number of hydrogen-bond donors (Lipinski definition) is 0. The van der Waals surface area contributed by atoms with Gasteiger partial charge < -0.3 is 0 Å². The van der Waals surface area contributed by atoms with Crippen LogP contribution in [0, 0.1) is 41.5 Å². The summed E-state index contributed by atoms with van der Waals surface area (Å²) in [4.78, 5) is 0. The molecule has 156 valence electrons. The molecule has 0 bridgehead atoms. The van der Waals surface area contributed by atoms with Gasteiger partial charge in [-0.15, -0.1) is 5.10 Å². The summed E-state index contributed by atoms with van der Waals surface area (Å²) >= 11 is 0. The number of allylic oxidation sites excluding steroid dienone is 1. The largest absolute Gasteiger partial charge is 0.234 e. The number of hydrogen-bond acceptors (Lipinski definition) is 0. The van der Waals surface area contributed by atoms with Gasteiger partial charge in [0.2, 0.25) is 6.71 Å². The molecular weight excluding hydrogens is 363 g/mol. The van der Waals surface area contributed by atoms with Crippen LogP contribution in [0.5, 0.6) is 0 Å². The second-order valence-electron chi connectivity index (χ2n) is 10.1. The van der Waals surface area contributed by atoms with Crippen LogP contribution in [0.1, 0.15) is 59.6 Å². The molecule has 0 fully saturated rings. The Labute approximate surface area is 181 Å². The minimum Gasteiger partial charge on any atom is -0.105 e. The zero-order chi connectivity index (χ0) is 21.9. The van der Waals surface area contributed by atoms with Crippen LogP contribution in [0.25, 0.3) is 0 Å². The van der Waals surface area contributed by atoms with Crippen molar-refractivity contribution in [3.63, 3.8) is 0 Å². The monoisotopic (exact) mass is 404 g/mol. The Morgan fingerprint density at radius 3 is 1.45 bits per heavy atom. The third-order valence-electron chi connectivity index (χ3n) is 6.15. The smallest absolute Gasteiger partial charge is 0.105 e. The van der Waals surface area contributed by atoms with Crippen molar-refractivity contribution in [1.29, 1.82) is 0 Å². The van der Waals surface area contributed by atoms with E-state index in [-0.39, 0.29) is 0 Å². The van der Waals surface area contributed by atoms with Crippen LogP contribution in [0.3, 0.4) is 0 Å². The van der Waals surface area contributed by atoms with Crippen molar-refractivity contribution in [2.45, 2.75) is 87.4 Å². The molecule has 2 aromatic rings. The van der Waals surface area contributed by atoms with Crippen molar-refractivity contribution >= 4 is 25.7 Å². The van der Waals surface area contributed by atoms with E-state index in [2.05, 4.69) is 98.4 Å². The molecule has 2 aromatic carbocycles. The van der Waals surface area contributed by atoms with E-state index >= 15 is 0 Å². The van der Waals surface area contributed by atoms with Crippen LogP contribution in [0.2, 0.25) is 19.6 Å². The SMILES string of the molecule is CCCC/C=C(/B(c1c(C)cc(C)cc1C)c1c(C)cc(C)cc1C)[Si](C)(C)C. The maximum Gasteiger partial charge on any atom is 0.234 e. The number of rotatable bonds is 7. The average molecular weight is 405 g/mol. The minimum absolute atomic E-state index is 0.375. The molecule has 2 heteroatoms. The predicted octanol–water partition coefficient (Wildman–Crippen LogP) is 6.68. The Balaban J connectivity index is 2.88. The summed E-state index contributed by atoms with van der Waals surface area (Å²) < 4.78 is 0. The molecule has 0 atom stereocenters. The van der Waals surface area contributed by atoms with Crippen molar-refractivity contribution in [2.75, 3.05) is 0 Å². The first-order chi connectivity index (χ1) is 13.5. The van der Waals surface area contributed by atoms with Gasteiger partial charge in [0, 0.05) is 0 Å². The van der Waals surface area contributed by atoms with Crippen molar-refractivity contribution in [1.82, 2.24) is 0 Å². The van der Waals surface area contributed by atoms with E-state index in [0.717, 1.165) is 0 Å². The number of unbranched alkanes of at least 4 members (excludes halogenated alkanes) is 2. The number of aryl methyl sites for hydroxylation is 6. The quantitative estimate of drug-likeness (QED) is 0.357. The van der Waals surface area contributed by atoms with Gasteiger partial charge in [0.1, 0.15) is 0 Å². The Bertz CT molecular complexity index is 796. The molecule has 0 spiro atoms. The molecule has 0 nitrogen and oxygen atoms in total. The summed E-state index contributed by atoms with van der Waals surface area (Å²) in [5, 5.41) is 1.70. The summed E-state index contributed by atoms with van der Waals surface area (Å²) in [7, 11) is -1.52. The molecule has 29 heavy (non-hydrogen) atoms. The number of benzene rings is 2. The molecule has 0 saturated heterocycles. The summed E-state index contributed by atoms with van der Waals surface area (Å²) in [6.07, 6.45) is 6.35. The van der Waals surface area contributed by atoms with E-state index in [9.17, 15) is 0 Å². The first-order valence-electron chi connectivity index (χ1n) is 11.3. The molecule has 0 aromatic heterocycles. The maximum absolute atomic E-state index is 2.62. The molecule has 0 unspecified atom stereocenters. The first kappa shape index (κ1) is 23.7. The summed E-state index contributed by atoms with van der Waals surface area (Å²) in [6.45, 7) is 23.9. The van der Waals surface area contributed by atoms with Crippen molar-refractivity contribution in [3.8, 4) is 0 Å². The highest BCUT2D eigenvalue weighted by Crippen LogP contribution is 2.24. The first-order valence-corrected chi connectivity index (χ1v) is 14.8. The Hall–Kier alpha value is -1.54. The molecule has 0 amide bonds. The van der Waals surface area contributed by atoms with E-state index in [1.807, 2.05) is 0 Å². The molecule has 0 aliphatic rings. The van der Waals surface area contributed by atoms with Gasteiger partial charge in [-0.05, 0) is 48.0 Å². The lowest BCUT2D eigenvalue weighted by molar-refractivity contribution is 0.814. The fraction of sp³-hybridized carbons (Fsp3) is 0.481. The van der Waals surface area contributed by atoms with E-state index in [1.54, 1.807) is 5.10 Å². The zero-order valence-corrected chi connectivity index (χ0v) is 21.6. The van der Waals surface area contributed by atoms with Crippen molar-refractivity contribution in [3.05, 3.63) is 68.8 Å². The molecule has 0 radical (unpaired) electrons. The zero-order valence-electron chi connectivity index (χ0n) is 20.6. The molecule has 0 N–H and O–H groups in total. The Kier molecular flexibility index (Phi) is 7.79. The fourth-order valence-corrected chi connectivity index (χ4v) is 6.98. The predicted molar refractivity (Wildman–Crippen MR) is 137 cm³/mol. The fourth-order valence-electron chi connectivity index (χ4n) is 5.07. The van der Waals surface area contributed by atoms with Gasteiger partial charge >= 0.3 is 0 Å². The van der Waals surface area contributed by atoms with Gasteiger partial charge in [0.15, 0.2) is 0 Å². The highest BCUT2D eigenvalue weighted by Gasteiger charge is 2.35. The average Bonchev–Trinajstić information content (AvgIpc) is 2.55. The molecule has 2 rings (SSSR count). The second kappa shape index (κ2) is 9.51. The van der Waals surface area contributed by atoms with Gasteiger partial charge in [-0.25, -0.2) is 0 Å². The van der Waals surface area contributed by atoms with Crippen molar-refractivity contribution in [2.24, 2.45) is 0 Å². The van der Waals surface area contributed by atoms with Crippen LogP contribution in [0.15, 0.2) is 35.4 Å². The molecule has 0 heterocycles. The van der Waals surface area contributed by atoms with E-state index in [0.29, 0.717) is 6.71 Å². The van der Waals surface area contributed by atoms with Gasteiger partial charge in [0.25, 0.3) is 0 Å². The third kappa shape index (κ3) is 5.54. The topological polar surface area (TPSA) is 0 Å². The highest BCUT2D eigenvalue weighted by atomic mass is 28.3. The minimum atomic E-state index is -1.52. The van der Waals surface area contributed by atoms with E-state index in [4.69, 9.17) is 0 Å². The molecule has 0 aliphatic heterocycles. The van der Waals surface area contributed by atoms with Crippen LogP contribution < -0.4 is 10.9 Å². The molecule has 0 saturated carbocycles. The van der Waals surface area contributed by atoms with E-state index in [1.165, 1.54) is 63.6 Å². The Morgan fingerprint density at radius 2 is 1.14 bits per heavy atom. The van der Waals surface area contributed by atoms with E-state index < -0.39 is 8.07 Å². The van der Waals surface area contributed by atoms with Crippen LogP contribution in [-0.4, -0.2) is 14.8 Å². The third-order valence-corrected chi connectivity index (χ3v) is 8.38. The molecule has 0 aliphatic carbocycles. The summed E-state index contributed by atoms with van der Waals surface area (Å²) in [6, 6.07) is 9.51. The van der Waals surface area contributed by atoms with Crippen LogP contribution >= 0.6 is 0 Å². The van der Waals surface area contributed by atoms with Crippen molar-refractivity contribution < 1.29 is 0 Å². The highest BCUT2D eigenvalue weighted by molar-refractivity contribution is 7.08. The summed E-state index contributed by atoms with van der Waals surface area (Å²) in [5.41, 5.74) is 11.6. The second-order valence-corrected chi connectivity index (χ2v) is 15.2. The van der Waals surface area contributed by atoms with Crippen LogP contribution in [-0.2, 0) is 0 Å². The lowest BCUT2D eigenvalue weighted by Crippen LogP contribution is -2.54. The van der Waals surface area contributed by atoms with Crippen LogP contribution in [0.4, 0.5) is 0 Å². The Morgan fingerprint density at radius 1 is 0.759 bits per heavy atom.